The quantitative estimate of drug-likeness (QED) is 0.186. The van der Waals surface area contributed by atoms with Crippen LogP contribution in [-0.2, 0) is 0 Å². The third-order valence-corrected chi connectivity index (χ3v) is 9.74. The Morgan fingerprint density at radius 3 is 1.78 bits per heavy atom. The van der Waals surface area contributed by atoms with Gasteiger partial charge in [0.2, 0.25) is 0 Å². The van der Waals surface area contributed by atoms with E-state index in [0.29, 0.717) is 17.5 Å². The van der Waals surface area contributed by atoms with Gasteiger partial charge in [0.05, 0.1) is 0 Å². The molecule has 0 saturated heterocycles. The molecular formula is C47H29N3O. The van der Waals surface area contributed by atoms with E-state index in [4.69, 9.17) is 19.4 Å². The van der Waals surface area contributed by atoms with E-state index < -0.39 is 0 Å². The minimum Gasteiger partial charge on any atom is -0.455 e. The summed E-state index contributed by atoms with van der Waals surface area (Å²) < 4.78 is 6.60. The zero-order valence-electron chi connectivity index (χ0n) is 27.5. The summed E-state index contributed by atoms with van der Waals surface area (Å²) in [6, 6.07) is 61.0. The van der Waals surface area contributed by atoms with Crippen molar-refractivity contribution in [1.29, 1.82) is 0 Å². The van der Waals surface area contributed by atoms with Gasteiger partial charge in [0.25, 0.3) is 0 Å². The Hall–Kier alpha value is -6.91. The largest absolute Gasteiger partial charge is 0.455 e. The summed E-state index contributed by atoms with van der Waals surface area (Å²) in [5.74, 6) is 1.84. The van der Waals surface area contributed by atoms with Gasteiger partial charge in [-0.3, -0.25) is 0 Å². The van der Waals surface area contributed by atoms with Crippen LogP contribution in [0.4, 0.5) is 0 Å². The molecule has 2 aromatic heterocycles. The molecule has 0 spiro atoms. The fourth-order valence-corrected chi connectivity index (χ4v) is 7.23. The van der Waals surface area contributed by atoms with Crippen molar-refractivity contribution in [1.82, 2.24) is 15.0 Å². The molecule has 4 nitrogen and oxygen atoms in total. The summed E-state index contributed by atoms with van der Waals surface area (Å²) in [4.78, 5) is 15.5. The van der Waals surface area contributed by atoms with Crippen molar-refractivity contribution >= 4 is 43.5 Å². The van der Waals surface area contributed by atoms with Crippen molar-refractivity contribution in [2.24, 2.45) is 0 Å². The molecule has 0 N–H and O–H groups in total. The fraction of sp³-hybridized carbons (Fsp3) is 0. The van der Waals surface area contributed by atoms with Crippen LogP contribution >= 0.6 is 0 Å². The van der Waals surface area contributed by atoms with Gasteiger partial charge in [-0.25, -0.2) is 15.0 Å². The highest BCUT2D eigenvalue weighted by atomic mass is 16.3. The molecule has 51 heavy (non-hydrogen) atoms. The van der Waals surface area contributed by atoms with E-state index in [9.17, 15) is 0 Å². The molecule has 0 aliphatic carbocycles. The second kappa shape index (κ2) is 11.9. The van der Waals surface area contributed by atoms with Crippen molar-refractivity contribution in [2.75, 3.05) is 0 Å². The van der Waals surface area contributed by atoms with Crippen molar-refractivity contribution in [3.63, 3.8) is 0 Å². The van der Waals surface area contributed by atoms with E-state index in [1.807, 2.05) is 18.2 Å². The van der Waals surface area contributed by atoms with Crippen molar-refractivity contribution < 1.29 is 4.42 Å². The van der Waals surface area contributed by atoms with E-state index in [1.54, 1.807) is 0 Å². The van der Waals surface area contributed by atoms with E-state index in [2.05, 4.69) is 158 Å². The number of nitrogens with zero attached hydrogens (tertiary/aromatic N) is 3. The maximum absolute atomic E-state index is 6.60. The SMILES string of the molecule is c1ccc(-c2cccc3c2oc2cccc(-c4nc(-c5ccc(-c6ccc7ccccc7c6)cc5)nc(-c5cccc6ccccc56)n4)c23)cc1. The molecular weight excluding hydrogens is 623 g/mol. The molecule has 8 aromatic carbocycles. The number of hydrogen-bond donors (Lipinski definition) is 0. The topological polar surface area (TPSA) is 51.8 Å². The summed E-state index contributed by atoms with van der Waals surface area (Å²) in [6.07, 6.45) is 0. The smallest absolute Gasteiger partial charge is 0.164 e. The average molecular weight is 652 g/mol. The molecule has 2 heterocycles. The minimum atomic E-state index is 0.597. The number of rotatable bonds is 5. The summed E-state index contributed by atoms with van der Waals surface area (Å²) in [7, 11) is 0. The van der Waals surface area contributed by atoms with Crippen molar-refractivity contribution in [3.8, 4) is 56.4 Å². The zero-order chi connectivity index (χ0) is 33.7. The lowest BCUT2D eigenvalue weighted by atomic mass is 9.99. The molecule has 10 aromatic rings. The molecule has 238 valence electrons. The lowest BCUT2D eigenvalue weighted by Crippen LogP contribution is -2.01. The maximum atomic E-state index is 6.60. The van der Waals surface area contributed by atoms with Crippen LogP contribution in [0.3, 0.4) is 0 Å². The Kier molecular flexibility index (Phi) is 6.78. The first-order chi connectivity index (χ1) is 25.3. The third-order valence-electron chi connectivity index (χ3n) is 9.74. The van der Waals surface area contributed by atoms with Crippen LogP contribution in [0.25, 0.3) is 99.9 Å². The minimum absolute atomic E-state index is 0.597. The zero-order valence-corrected chi connectivity index (χ0v) is 27.5. The highest BCUT2D eigenvalue weighted by Gasteiger charge is 2.20. The number of fused-ring (bicyclic) bond motifs is 5. The molecule has 10 rings (SSSR count). The molecule has 0 amide bonds. The van der Waals surface area contributed by atoms with Gasteiger partial charge in [-0.1, -0.05) is 164 Å². The van der Waals surface area contributed by atoms with Gasteiger partial charge in [0.15, 0.2) is 17.5 Å². The van der Waals surface area contributed by atoms with Gasteiger partial charge in [0, 0.05) is 33.0 Å². The second-order valence-corrected chi connectivity index (χ2v) is 12.8. The maximum Gasteiger partial charge on any atom is 0.164 e. The molecule has 0 aliphatic heterocycles. The predicted octanol–water partition coefficient (Wildman–Crippen LogP) is 12.4. The predicted molar refractivity (Wildman–Crippen MR) is 209 cm³/mol. The highest BCUT2D eigenvalue weighted by molar-refractivity contribution is 6.15. The molecule has 0 unspecified atom stereocenters. The highest BCUT2D eigenvalue weighted by Crippen LogP contribution is 2.40. The Balaban J connectivity index is 1.16. The Bertz CT molecular complexity index is 2900. The molecule has 0 saturated carbocycles. The average Bonchev–Trinajstić information content (AvgIpc) is 3.60. The Morgan fingerprint density at radius 2 is 0.922 bits per heavy atom. The van der Waals surface area contributed by atoms with Gasteiger partial charge in [-0.15, -0.1) is 0 Å². The fourth-order valence-electron chi connectivity index (χ4n) is 7.23. The molecule has 0 bridgehead atoms. The lowest BCUT2D eigenvalue weighted by Gasteiger charge is -2.11. The van der Waals surface area contributed by atoms with Crippen LogP contribution in [0.2, 0.25) is 0 Å². The van der Waals surface area contributed by atoms with Crippen LogP contribution in [0.15, 0.2) is 180 Å². The van der Waals surface area contributed by atoms with E-state index in [-0.39, 0.29) is 0 Å². The Labute approximate surface area is 294 Å². The number of furan rings is 1. The van der Waals surface area contributed by atoms with Crippen molar-refractivity contribution in [3.05, 3.63) is 176 Å². The van der Waals surface area contributed by atoms with Crippen LogP contribution in [0, 0.1) is 0 Å². The molecule has 0 fully saturated rings. The van der Waals surface area contributed by atoms with E-state index >= 15 is 0 Å². The number of aromatic nitrogens is 3. The third kappa shape index (κ3) is 5.04. The lowest BCUT2D eigenvalue weighted by molar-refractivity contribution is 0.670. The first kappa shape index (κ1) is 29.0. The van der Waals surface area contributed by atoms with Gasteiger partial charge in [-0.2, -0.15) is 0 Å². The first-order valence-corrected chi connectivity index (χ1v) is 17.1. The van der Waals surface area contributed by atoms with E-state index in [1.165, 1.54) is 16.3 Å². The normalized spacial score (nSPS) is 11.5. The van der Waals surface area contributed by atoms with E-state index in [0.717, 1.165) is 66.1 Å². The summed E-state index contributed by atoms with van der Waals surface area (Å²) in [5.41, 5.74) is 8.87. The van der Waals surface area contributed by atoms with Gasteiger partial charge in [-0.05, 0) is 50.4 Å². The monoisotopic (exact) mass is 651 g/mol. The molecule has 0 radical (unpaired) electrons. The first-order valence-electron chi connectivity index (χ1n) is 17.1. The number of hydrogen-bond acceptors (Lipinski definition) is 4. The number of para-hydroxylation sites is 1. The van der Waals surface area contributed by atoms with Crippen LogP contribution in [-0.4, -0.2) is 15.0 Å². The van der Waals surface area contributed by atoms with Crippen molar-refractivity contribution in [2.45, 2.75) is 0 Å². The van der Waals surface area contributed by atoms with Crippen LogP contribution in [0.1, 0.15) is 0 Å². The van der Waals surface area contributed by atoms with Gasteiger partial charge < -0.3 is 4.42 Å². The number of benzene rings is 8. The molecule has 4 heteroatoms. The summed E-state index contributed by atoms with van der Waals surface area (Å²) in [6.45, 7) is 0. The van der Waals surface area contributed by atoms with Crippen LogP contribution in [0.5, 0.6) is 0 Å². The van der Waals surface area contributed by atoms with Crippen LogP contribution < -0.4 is 0 Å². The standard InChI is InChI=1S/C47H29N3O/c1-2-12-33(13-3-1)38-18-9-20-40-43-41(21-10-22-42(43)51-44(38)40)47-49-45(48-46(50-47)39-19-8-16-32-14-6-7-17-37(32)39)34-26-23-31(24-27-34)36-28-25-30-11-4-5-15-35(30)29-36/h1-29H. The Morgan fingerprint density at radius 1 is 0.333 bits per heavy atom. The van der Waals surface area contributed by atoms with Gasteiger partial charge in [0.1, 0.15) is 11.2 Å². The molecule has 0 aliphatic rings. The molecule has 0 atom stereocenters. The second-order valence-electron chi connectivity index (χ2n) is 12.8. The summed E-state index contributed by atoms with van der Waals surface area (Å²) >= 11 is 0. The van der Waals surface area contributed by atoms with Gasteiger partial charge >= 0.3 is 0 Å². The summed E-state index contributed by atoms with van der Waals surface area (Å²) in [5, 5.41) is 6.68.